The summed E-state index contributed by atoms with van der Waals surface area (Å²) >= 11 is 0. The van der Waals surface area contributed by atoms with Crippen LogP contribution in [0.4, 0.5) is 5.69 Å². The molecule has 0 atom stereocenters. The topological polar surface area (TPSA) is 66.0 Å². The van der Waals surface area contributed by atoms with Crippen LogP contribution >= 0.6 is 0 Å². The van der Waals surface area contributed by atoms with Crippen LogP contribution in [0.3, 0.4) is 0 Å². The van der Waals surface area contributed by atoms with Gasteiger partial charge in [0.2, 0.25) is 0 Å². The largest absolute Gasteiger partial charge is 0.494 e. The van der Waals surface area contributed by atoms with Crippen LogP contribution in [-0.4, -0.2) is 31.8 Å². The third-order valence-electron chi connectivity index (χ3n) is 3.78. The lowest BCUT2D eigenvalue weighted by Gasteiger charge is -2.25. The zero-order valence-electron chi connectivity index (χ0n) is 16.5. The zero-order valence-corrected chi connectivity index (χ0v) is 16.5. The van der Waals surface area contributed by atoms with E-state index in [4.69, 9.17) is 18.9 Å². The number of hydrogen-bond donors (Lipinski definition) is 1. The molecule has 2 aromatic carbocycles. The van der Waals surface area contributed by atoms with E-state index in [2.05, 4.69) is 5.32 Å². The first-order chi connectivity index (χ1) is 12.9. The highest BCUT2D eigenvalue weighted by Gasteiger charge is 2.30. The lowest BCUT2D eigenvalue weighted by Crippen LogP contribution is -2.42. The van der Waals surface area contributed by atoms with E-state index in [0.29, 0.717) is 36.1 Å². The number of ether oxygens (including phenoxy) is 4. The number of carbonyl (C=O) groups excluding carboxylic acids is 1. The van der Waals surface area contributed by atoms with Crippen molar-refractivity contribution in [2.75, 3.05) is 25.6 Å². The van der Waals surface area contributed by atoms with E-state index in [1.54, 1.807) is 51.3 Å². The number of carbonyl (C=O) groups is 1. The Morgan fingerprint density at radius 3 is 2.15 bits per heavy atom. The molecule has 1 amide bonds. The smallest absolute Gasteiger partial charge is 0.267 e. The number of rotatable bonds is 9. The van der Waals surface area contributed by atoms with Gasteiger partial charge in [-0.05, 0) is 64.1 Å². The summed E-state index contributed by atoms with van der Waals surface area (Å²) in [7, 11) is 1.56. The van der Waals surface area contributed by atoms with Crippen molar-refractivity contribution in [3.05, 3.63) is 42.5 Å². The van der Waals surface area contributed by atoms with E-state index >= 15 is 0 Å². The average molecular weight is 373 g/mol. The molecule has 146 valence electrons. The van der Waals surface area contributed by atoms with Crippen LogP contribution in [0.1, 0.15) is 27.7 Å². The van der Waals surface area contributed by atoms with Crippen molar-refractivity contribution in [2.24, 2.45) is 0 Å². The molecule has 6 nitrogen and oxygen atoms in total. The average Bonchev–Trinajstić information content (AvgIpc) is 2.64. The van der Waals surface area contributed by atoms with Gasteiger partial charge in [0.05, 0.1) is 20.3 Å². The van der Waals surface area contributed by atoms with E-state index in [-0.39, 0.29) is 5.91 Å². The van der Waals surface area contributed by atoms with Crippen LogP contribution in [0.5, 0.6) is 23.0 Å². The van der Waals surface area contributed by atoms with Gasteiger partial charge in [-0.2, -0.15) is 0 Å². The molecule has 27 heavy (non-hydrogen) atoms. The Hall–Kier alpha value is -2.89. The van der Waals surface area contributed by atoms with E-state index in [1.807, 2.05) is 26.0 Å². The van der Waals surface area contributed by atoms with Gasteiger partial charge in [-0.25, -0.2) is 0 Å². The summed E-state index contributed by atoms with van der Waals surface area (Å²) in [6.07, 6.45) is 0. The van der Waals surface area contributed by atoms with Gasteiger partial charge in [0, 0.05) is 11.8 Å². The fourth-order valence-electron chi connectivity index (χ4n) is 2.41. The summed E-state index contributed by atoms with van der Waals surface area (Å²) in [6.45, 7) is 8.38. The fraction of sp³-hybridized carbons (Fsp3) is 0.381. The molecule has 0 radical (unpaired) electrons. The van der Waals surface area contributed by atoms with Crippen LogP contribution in [0.2, 0.25) is 0 Å². The second kappa shape index (κ2) is 9.16. The molecule has 0 saturated heterocycles. The van der Waals surface area contributed by atoms with Crippen molar-refractivity contribution in [3.63, 3.8) is 0 Å². The van der Waals surface area contributed by atoms with Gasteiger partial charge in [-0.1, -0.05) is 0 Å². The summed E-state index contributed by atoms with van der Waals surface area (Å²) in [4.78, 5) is 12.7. The first-order valence-corrected chi connectivity index (χ1v) is 8.93. The molecule has 0 aromatic heterocycles. The van der Waals surface area contributed by atoms with Crippen molar-refractivity contribution < 1.29 is 23.7 Å². The quantitative estimate of drug-likeness (QED) is 0.710. The molecular formula is C21H27NO5. The molecule has 0 aliphatic carbocycles. The molecule has 6 heteroatoms. The Morgan fingerprint density at radius 2 is 1.56 bits per heavy atom. The summed E-state index contributed by atoms with van der Waals surface area (Å²) in [5.74, 6) is 2.25. The van der Waals surface area contributed by atoms with Crippen molar-refractivity contribution in [1.82, 2.24) is 0 Å². The van der Waals surface area contributed by atoms with Gasteiger partial charge in [0.1, 0.15) is 11.5 Å². The number of methoxy groups -OCH3 is 1. The maximum absolute atomic E-state index is 12.7. The summed E-state index contributed by atoms with van der Waals surface area (Å²) in [5.41, 5.74) is -0.470. The Kier molecular flexibility index (Phi) is 6.93. The third kappa shape index (κ3) is 5.54. The lowest BCUT2D eigenvalue weighted by atomic mass is 10.1. The number of benzene rings is 2. The molecule has 0 spiro atoms. The number of hydrogen-bond acceptors (Lipinski definition) is 5. The third-order valence-corrected chi connectivity index (χ3v) is 3.78. The molecule has 0 aliphatic rings. The Morgan fingerprint density at radius 1 is 0.926 bits per heavy atom. The number of anilines is 1. The Labute approximate surface area is 160 Å². The van der Waals surface area contributed by atoms with Crippen LogP contribution in [0.25, 0.3) is 0 Å². The van der Waals surface area contributed by atoms with Crippen LogP contribution in [0.15, 0.2) is 42.5 Å². The molecule has 0 saturated carbocycles. The van der Waals surface area contributed by atoms with Crippen LogP contribution in [0, 0.1) is 0 Å². The summed E-state index contributed by atoms with van der Waals surface area (Å²) < 4.78 is 22.1. The molecule has 0 unspecified atom stereocenters. The van der Waals surface area contributed by atoms with E-state index in [9.17, 15) is 4.79 Å². The molecule has 2 rings (SSSR count). The standard InChI is InChI=1S/C21H27NO5/c1-6-25-16-9-11-17(12-10-16)27-21(3,4)20(23)22-15-8-13-18(26-7-2)19(14-15)24-5/h8-14H,6-7H2,1-5H3,(H,22,23). The predicted molar refractivity (Wildman–Crippen MR) is 105 cm³/mol. The maximum Gasteiger partial charge on any atom is 0.267 e. The van der Waals surface area contributed by atoms with Crippen molar-refractivity contribution in [1.29, 1.82) is 0 Å². The van der Waals surface area contributed by atoms with Gasteiger partial charge in [0.15, 0.2) is 17.1 Å². The monoisotopic (exact) mass is 373 g/mol. The summed E-state index contributed by atoms with van der Waals surface area (Å²) in [6, 6.07) is 12.4. The lowest BCUT2D eigenvalue weighted by molar-refractivity contribution is -0.128. The van der Waals surface area contributed by atoms with Gasteiger partial charge in [-0.3, -0.25) is 4.79 Å². The fourth-order valence-corrected chi connectivity index (χ4v) is 2.41. The van der Waals surface area contributed by atoms with Gasteiger partial charge >= 0.3 is 0 Å². The molecule has 0 heterocycles. The first kappa shape index (κ1) is 20.4. The first-order valence-electron chi connectivity index (χ1n) is 8.93. The highest BCUT2D eigenvalue weighted by molar-refractivity contribution is 5.97. The van der Waals surface area contributed by atoms with E-state index in [0.717, 1.165) is 5.75 Å². The molecule has 0 bridgehead atoms. The second-order valence-electron chi connectivity index (χ2n) is 6.27. The Bertz CT molecular complexity index is 756. The van der Waals surface area contributed by atoms with Crippen molar-refractivity contribution >= 4 is 11.6 Å². The van der Waals surface area contributed by atoms with Gasteiger partial charge in [-0.15, -0.1) is 0 Å². The SMILES string of the molecule is CCOc1ccc(OC(C)(C)C(=O)Nc2ccc(OCC)c(OC)c2)cc1. The van der Waals surface area contributed by atoms with Crippen molar-refractivity contribution in [2.45, 2.75) is 33.3 Å². The van der Waals surface area contributed by atoms with Gasteiger partial charge < -0.3 is 24.3 Å². The van der Waals surface area contributed by atoms with Gasteiger partial charge in [0.25, 0.3) is 5.91 Å². The summed E-state index contributed by atoms with van der Waals surface area (Å²) in [5, 5.41) is 2.85. The van der Waals surface area contributed by atoms with Crippen LogP contribution < -0.4 is 24.3 Å². The van der Waals surface area contributed by atoms with E-state index in [1.165, 1.54) is 0 Å². The highest BCUT2D eigenvalue weighted by Crippen LogP contribution is 2.31. The molecule has 1 N–H and O–H groups in total. The molecule has 0 aliphatic heterocycles. The minimum Gasteiger partial charge on any atom is -0.494 e. The maximum atomic E-state index is 12.7. The predicted octanol–water partition coefficient (Wildman–Crippen LogP) is 4.29. The number of nitrogens with one attached hydrogen (secondary N) is 1. The second-order valence-corrected chi connectivity index (χ2v) is 6.27. The molecule has 0 fully saturated rings. The minimum absolute atomic E-state index is 0.275. The minimum atomic E-state index is -1.07. The Balaban J connectivity index is 2.06. The highest BCUT2D eigenvalue weighted by atomic mass is 16.5. The van der Waals surface area contributed by atoms with Crippen LogP contribution in [-0.2, 0) is 4.79 Å². The van der Waals surface area contributed by atoms with Crippen molar-refractivity contribution in [3.8, 4) is 23.0 Å². The molecular weight excluding hydrogens is 346 g/mol. The normalized spacial score (nSPS) is 10.9. The van der Waals surface area contributed by atoms with E-state index < -0.39 is 5.60 Å². The molecule has 2 aromatic rings. The number of amides is 1. The zero-order chi connectivity index (χ0) is 19.9.